The summed E-state index contributed by atoms with van der Waals surface area (Å²) in [6.45, 7) is 0. The Labute approximate surface area is 100 Å². The third-order valence-corrected chi connectivity index (χ3v) is 3.35. The number of halogens is 3. The Kier molecular flexibility index (Phi) is 2.95. The molecule has 1 aliphatic carbocycles. The minimum Gasteiger partial charge on any atom is -0.357 e. The van der Waals surface area contributed by atoms with Crippen molar-refractivity contribution < 1.29 is 13.9 Å². The average Bonchev–Trinajstić information content (AvgIpc) is 2.24. The highest BCUT2D eigenvalue weighted by molar-refractivity contribution is 9.09. The van der Waals surface area contributed by atoms with Gasteiger partial charge in [-0.3, -0.25) is 0 Å². The minimum atomic E-state index is -2.48. The van der Waals surface area contributed by atoms with Gasteiger partial charge in [0.2, 0.25) is 5.85 Å². The molecular formula is C12H9BrF2O. The first kappa shape index (κ1) is 11.5. The van der Waals surface area contributed by atoms with Gasteiger partial charge in [-0.25, -0.2) is 8.78 Å². The summed E-state index contributed by atoms with van der Waals surface area (Å²) in [5, 5.41) is 9.70. The van der Waals surface area contributed by atoms with E-state index in [0.717, 1.165) is 0 Å². The maximum atomic E-state index is 14.0. The van der Waals surface area contributed by atoms with Crippen LogP contribution in [0.15, 0.2) is 42.5 Å². The van der Waals surface area contributed by atoms with Gasteiger partial charge in [0.1, 0.15) is 5.82 Å². The van der Waals surface area contributed by atoms with E-state index in [-0.39, 0.29) is 5.57 Å². The maximum Gasteiger partial charge on any atom is 0.249 e. The fraction of sp³-hybridized carbons (Fsp3) is 0.167. The average molecular weight is 287 g/mol. The number of rotatable bonds is 1. The third-order valence-electron chi connectivity index (χ3n) is 2.44. The zero-order valence-electron chi connectivity index (χ0n) is 8.20. The Morgan fingerprint density at radius 1 is 1.25 bits per heavy atom. The third kappa shape index (κ3) is 1.95. The lowest BCUT2D eigenvalue weighted by Crippen LogP contribution is -2.35. The Morgan fingerprint density at radius 3 is 2.50 bits per heavy atom. The van der Waals surface area contributed by atoms with Crippen LogP contribution in [0.5, 0.6) is 0 Å². The fourth-order valence-corrected chi connectivity index (χ4v) is 1.99. The van der Waals surface area contributed by atoms with Gasteiger partial charge in [0.25, 0.3) is 0 Å². The normalized spacial score (nSPS) is 29.0. The van der Waals surface area contributed by atoms with Crippen molar-refractivity contribution in [3.63, 3.8) is 0 Å². The number of hydrogen-bond acceptors (Lipinski definition) is 1. The van der Waals surface area contributed by atoms with E-state index in [0.29, 0.717) is 5.56 Å². The van der Waals surface area contributed by atoms with Crippen molar-refractivity contribution in [2.45, 2.75) is 10.7 Å². The molecule has 1 aromatic rings. The first-order valence-electron chi connectivity index (χ1n) is 4.72. The molecule has 1 nitrogen and oxygen atoms in total. The van der Waals surface area contributed by atoms with Gasteiger partial charge in [-0.15, -0.1) is 0 Å². The molecule has 84 valence electrons. The smallest absolute Gasteiger partial charge is 0.249 e. The van der Waals surface area contributed by atoms with Crippen LogP contribution in [0.1, 0.15) is 5.56 Å². The number of alkyl halides is 2. The second-order valence-corrected chi connectivity index (χ2v) is 4.53. The van der Waals surface area contributed by atoms with Gasteiger partial charge in [0.15, 0.2) is 0 Å². The van der Waals surface area contributed by atoms with E-state index in [2.05, 4.69) is 15.9 Å². The van der Waals surface area contributed by atoms with Crippen molar-refractivity contribution in [3.8, 4) is 0 Å². The zero-order valence-corrected chi connectivity index (χ0v) is 9.79. The van der Waals surface area contributed by atoms with Crippen LogP contribution in [0.2, 0.25) is 0 Å². The molecule has 0 heterocycles. The molecule has 0 aliphatic heterocycles. The highest BCUT2D eigenvalue weighted by atomic mass is 79.9. The predicted molar refractivity (Wildman–Crippen MR) is 62.3 cm³/mol. The standard InChI is InChI=1S/C12H9BrF2O/c13-11-3-1-2-10(12(11,15)16)8-4-6-9(14)7-5-8/h1-7,11,16H. The summed E-state index contributed by atoms with van der Waals surface area (Å²) in [6, 6.07) is 5.33. The molecule has 0 bridgehead atoms. The molecule has 1 N–H and O–H groups in total. The molecule has 0 saturated carbocycles. The van der Waals surface area contributed by atoms with Gasteiger partial charge in [0, 0.05) is 5.57 Å². The van der Waals surface area contributed by atoms with Crippen LogP contribution >= 0.6 is 15.9 Å². The quantitative estimate of drug-likeness (QED) is 0.786. The maximum absolute atomic E-state index is 14.0. The summed E-state index contributed by atoms with van der Waals surface area (Å²) in [5.74, 6) is -2.87. The van der Waals surface area contributed by atoms with Crippen LogP contribution in [-0.2, 0) is 0 Å². The molecule has 2 atom stereocenters. The van der Waals surface area contributed by atoms with E-state index in [1.54, 1.807) is 6.08 Å². The molecule has 2 unspecified atom stereocenters. The van der Waals surface area contributed by atoms with Gasteiger partial charge in [0.05, 0.1) is 4.83 Å². The Morgan fingerprint density at radius 2 is 1.88 bits per heavy atom. The number of benzene rings is 1. The molecule has 4 heteroatoms. The van der Waals surface area contributed by atoms with Gasteiger partial charge in [-0.05, 0) is 17.7 Å². The molecule has 2 rings (SSSR count). The van der Waals surface area contributed by atoms with Crippen LogP contribution in [-0.4, -0.2) is 15.8 Å². The number of hydrogen-bond donors (Lipinski definition) is 1. The highest BCUT2D eigenvalue weighted by Crippen LogP contribution is 2.38. The first-order chi connectivity index (χ1) is 7.51. The van der Waals surface area contributed by atoms with Crippen LogP contribution in [0.4, 0.5) is 8.78 Å². The topological polar surface area (TPSA) is 20.2 Å². The van der Waals surface area contributed by atoms with E-state index in [4.69, 9.17) is 0 Å². The molecule has 0 fully saturated rings. The molecule has 0 spiro atoms. The molecule has 1 aliphatic rings. The zero-order chi connectivity index (χ0) is 11.8. The van der Waals surface area contributed by atoms with Crippen molar-refractivity contribution in [2.75, 3.05) is 0 Å². The first-order valence-corrected chi connectivity index (χ1v) is 5.63. The lowest BCUT2D eigenvalue weighted by molar-refractivity contribution is -0.0216. The van der Waals surface area contributed by atoms with E-state index in [1.165, 1.54) is 36.4 Å². The van der Waals surface area contributed by atoms with Gasteiger partial charge in [-0.2, -0.15) is 0 Å². The van der Waals surface area contributed by atoms with Gasteiger partial charge >= 0.3 is 0 Å². The van der Waals surface area contributed by atoms with E-state index in [1.807, 2.05) is 0 Å². The molecule has 0 saturated heterocycles. The van der Waals surface area contributed by atoms with Crippen molar-refractivity contribution in [1.82, 2.24) is 0 Å². The summed E-state index contributed by atoms with van der Waals surface area (Å²) in [7, 11) is 0. The molecule has 1 aromatic carbocycles. The fourth-order valence-electron chi connectivity index (χ4n) is 1.57. The van der Waals surface area contributed by atoms with E-state index in [9.17, 15) is 13.9 Å². The minimum absolute atomic E-state index is 0.122. The second-order valence-electron chi connectivity index (χ2n) is 3.55. The van der Waals surface area contributed by atoms with Crippen LogP contribution in [0.25, 0.3) is 5.57 Å². The molecule has 0 amide bonds. The molecule has 16 heavy (non-hydrogen) atoms. The molecule has 0 radical (unpaired) electrons. The monoisotopic (exact) mass is 286 g/mol. The van der Waals surface area contributed by atoms with E-state index < -0.39 is 16.5 Å². The van der Waals surface area contributed by atoms with Crippen LogP contribution in [0, 0.1) is 5.82 Å². The van der Waals surface area contributed by atoms with Crippen LogP contribution in [0.3, 0.4) is 0 Å². The van der Waals surface area contributed by atoms with Crippen molar-refractivity contribution in [3.05, 3.63) is 53.9 Å². The Hall–Kier alpha value is -1.00. The van der Waals surface area contributed by atoms with E-state index >= 15 is 0 Å². The predicted octanol–water partition coefficient (Wildman–Crippen LogP) is 3.20. The largest absolute Gasteiger partial charge is 0.357 e. The summed E-state index contributed by atoms with van der Waals surface area (Å²) >= 11 is 3.04. The van der Waals surface area contributed by atoms with Crippen LogP contribution < -0.4 is 0 Å². The van der Waals surface area contributed by atoms with Gasteiger partial charge < -0.3 is 5.11 Å². The van der Waals surface area contributed by atoms with Crippen molar-refractivity contribution in [1.29, 1.82) is 0 Å². The second kappa shape index (κ2) is 4.11. The summed E-state index contributed by atoms with van der Waals surface area (Å²) in [5.41, 5.74) is 0.581. The lowest BCUT2D eigenvalue weighted by atomic mass is 9.92. The Bertz CT molecular complexity index is 449. The summed E-state index contributed by atoms with van der Waals surface area (Å²) < 4.78 is 26.7. The highest BCUT2D eigenvalue weighted by Gasteiger charge is 2.39. The Balaban J connectivity index is 2.44. The summed E-state index contributed by atoms with van der Waals surface area (Å²) in [4.78, 5) is -0.801. The molecular weight excluding hydrogens is 278 g/mol. The summed E-state index contributed by atoms with van der Waals surface area (Å²) in [6.07, 6.45) is 4.63. The SMILES string of the molecule is OC1(F)C(c2ccc(F)cc2)=CC=CC1Br. The molecule has 0 aromatic heterocycles. The number of aliphatic hydroxyl groups is 1. The van der Waals surface area contributed by atoms with Crippen molar-refractivity contribution >= 4 is 21.5 Å². The van der Waals surface area contributed by atoms with Gasteiger partial charge in [-0.1, -0.05) is 46.3 Å². The van der Waals surface area contributed by atoms with Crippen molar-refractivity contribution in [2.24, 2.45) is 0 Å². The number of allylic oxidation sites excluding steroid dienone is 2. The lowest BCUT2D eigenvalue weighted by Gasteiger charge is -2.28.